The predicted molar refractivity (Wildman–Crippen MR) is 174 cm³/mol. The summed E-state index contributed by atoms with van der Waals surface area (Å²) in [7, 11) is 0. The van der Waals surface area contributed by atoms with E-state index < -0.39 is 18.1 Å². The van der Waals surface area contributed by atoms with Crippen LogP contribution in [0.1, 0.15) is 72.9 Å². The highest BCUT2D eigenvalue weighted by Crippen LogP contribution is 2.38. The lowest BCUT2D eigenvalue weighted by Gasteiger charge is -2.32. The SMILES string of the molecule is CC(=O)OC(C(=O)N(Cc1ccc([C@H]2CCCC[C@@H]2C(=O)N[C@@H](CO)c2ccccc2)cc1)c1ccccc1)c1ccccc1. The van der Waals surface area contributed by atoms with E-state index in [-0.39, 0.29) is 36.8 Å². The molecule has 7 nitrogen and oxygen atoms in total. The summed E-state index contributed by atoms with van der Waals surface area (Å²) >= 11 is 0. The molecule has 1 aliphatic carbocycles. The number of aliphatic hydroxyl groups excluding tert-OH is 1. The summed E-state index contributed by atoms with van der Waals surface area (Å²) < 4.78 is 5.55. The smallest absolute Gasteiger partial charge is 0.303 e. The van der Waals surface area contributed by atoms with Crippen LogP contribution in [0.5, 0.6) is 0 Å². The Balaban J connectivity index is 1.35. The van der Waals surface area contributed by atoms with Gasteiger partial charge in [-0.25, -0.2) is 0 Å². The van der Waals surface area contributed by atoms with Gasteiger partial charge < -0.3 is 20.1 Å². The highest BCUT2D eigenvalue weighted by atomic mass is 16.5. The van der Waals surface area contributed by atoms with Crippen molar-refractivity contribution in [2.24, 2.45) is 5.92 Å². The molecule has 7 heteroatoms. The largest absolute Gasteiger partial charge is 0.447 e. The number of benzene rings is 4. The van der Waals surface area contributed by atoms with E-state index >= 15 is 0 Å². The van der Waals surface area contributed by atoms with Crippen LogP contribution in [0.15, 0.2) is 115 Å². The lowest BCUT2D eigenvalue weighted by atomic mass is 9.74. The first-order valence-electron chi connectivity index (χ1n) is 15.6. The molecule has 0 aromatic heterocycles. The molecule has 1 saturated carbocycles. The second-order valence-corrected chi connectivity index (χ2v) is 11.6. The topological polar surface area (TPSA) is 95.9 Å². The first-order valence-corrected chi connectivity index (χ1v) is 15.6. The standard InChI is InChI=1S/C38H40N2O5/c1-27(42)45-36(31-15-7-3-8-16-31)38(44)40(32-17-9-4-10-18-32)25-28-21-23-29(24-22-28)33-19-11-12-20-34(33)37(43)39-35(26-41)30-13-5-2-6-14-30/h2-10,13-18,21-24,33-36,41H,11-12,19-20,25-26H2,1H3,(H,39,43)/t33-,34+,35+,36?/m1/s1. The van der Waals surface area contributed by atoms with Gasteiger partial charge in [0.1, 0.15) is 0 Å². The molecule has 1 unspecified atom stereocenters. The molecule has 0 aliphatic heterocycles. The molecule has 1 aliphatic rings. The minimum absolute atomic E-state index is 0.0371. The molecule has 0 spiro atoms. The number of para-hydroxylation sites is 1. The first-order chi connectivity index (χ1) is 21.9. The molecule has 1 fully saturated rings. The van der Waals surface area contributed by atoms with E-state index in [1.54, 1.807) is 17.0 Å². The minimum atomic E-state index is -1.08. The maximum absolute atomic E-state index is 14.0. The first kappa shape index (κ1) is 31.7. The van der Waals surface area contributed by atoms with E-state index in [0.717, 1.165) is 42.4 Å². The zero-order chi connectivity index (χ0) is 31.6. The Morgan fingerprint density at radius 1 is 0.800 bits per heavy atom. The van der Waals surface area contributed by atoms with Gasteiger partial charge in [-0.2, -0.15) is 0 Å². The number of carbonyl (C=O) groups excluding carboxylic acids is 3. The Hall–Kier alpha value is -4.75. The number of carbonyl (C=O) groups is 3. The summed E-state index contributed by atoms with van der Waals surface area (Å²) in [6.45, 7) is 1.41. The number of nitrogens with zero attached hydrogens (tertiary/aromatic N) is 1. The number of hydrogen-bond donors (Lipinski definition) is 2. The molecule has 232 valence electrons. The summed E-state index contributed by atoms with van der Waals surface area (Å²) in [6, 6.07) is 35.6. The molecule has 0 bridgehead atoms. The van der Waals surface area contributed by atoms with Crippen molar-refractivity contribution in [3.63, 3.8) is 0 Å². The van der Waals surface area contributed by atoms with E-state index in [2.05, 4.69) is 17.4 Å². The van der Waals surface area contributed by atoms with Crippen molar-refractivity contribution in [1.29, 1.82) is 0 Å². The quantitative estimate of drug-likeness (QED) is 0.187. The van der Waals surface area contributed by atoms with E-state index in [1.165, 1.54) is 6.92 Å². The Morgan fingerprint density at radius 3 is 1.98 bits per heavy atom. The van der Waals surface area contributed by atoms with Crippen LogP contribution in [0.25, 0.3) is 0 Å². The molecule has 4 atom stereocenters. The average Bonchev–Trinajstić information content (AvgIpc) is 3.09. The Kier molecular flexibility index (Phi) is 10.8. The molecule has 4 aromatic rings. The van der Waals surface area contributed by atoms with Crippen molar-refractivity contribution in [2.45, 2.75) is 57.2 Å². The molecular weight excluding hydrogens is 564 g/mol. The summed E-state index contributed by atoms with van der Waals surface area (Å²) in [5.41, 5.74) is 4.17. The summed E-state index contributed by atoms with van der Waals surface area (Å²) in [5, 5.41) is 13.1. The predicted octanol–water partition coefficient (Wildman–Crippen LogP) is 6.65. The van der Waals surface area contributed by atoms with Crippen molar-refractivity contribution in [3.05, 3.63) is 138 Å². The molecule has 0 saturated heterocycles. The Bertz CT molecular complexity index is 1540. The fraction of sp³-hybridized carbons (Fsp3) is 0.289. The number of esters is 1. The van der Waals surface area contributed by atoms with Gasteiger partial charge in [0, 0.05) is 24.1 Å². The lowest BCUT2D eigenvalue weighted by molar-refractivity contribution is -0.153. The van der Waals surface area contributed by atoms with E-state index in [9.17, 15) is 19.5 Å². The number of aliphatic hydroxyl groups is 1. The monoisotopic (exact) mass is 604 g/mol. The molecular formula is C38H40N2O5. The fourth-order valence-corrected chi connectivity index (χ4v) is 6.20. The minimum Gasteiger partial charge on any atom is -0.447 e. The second kappa shape index (κ2) is 15.3. The van der Waals surface area contributed by atoms with Crippen LogP contribution >= 0.6 is 0 Å². The number of amides is 2. The maximum Gasteiger partial charge on any atom is 0.303 e. The zero-order valence-electron chi connectivity index (χ0n) is 25.5. The molecule has 0 radical (unpaired) electrons. The van der Waals surface area contributed by atoms with E-state index in [1.807, 2.05) is 91.0 Å². The summed E-state index contributed by atoms with van der Waals surface area (Å²) in [4.78, 5) is 41.2. The van der Waals surface area contributed by atoms with E-state index in [4.69, 9.17) is 4.74 Å². The highest BCUT2D eigenvalue weighted by molar-refractivity contribution is 5.98. The zero-order valence-corrected chi connectivity index (χ0v) is 25.5. The Morgan fingerprint density at radius 2 is 1.38 bits per heavy atom. The van der Waals surface area contributed by atoms with Crippen molar-refractivity contribution in [3.8, 4) is 0 Å². The van der Waals surface area contributed by atoms with Crippen LogP contribution in [0.4, 0.5) is 5.69 Å². The third-order valence-electron chi connectivity index (χ3n) is 8.50. The molecule has 4 aromatic carbocycles. The molecule has 5 rings (SSSR count). The number of hydrogen-bond acceptors (Lipinski definition) is 5. The number of anilines is 1. The van der Waals surface area contributed by atoms with Crippen LogP contribution in [-0.4, -0.2) is 29.5 Å². The Labute approximate surface area is 264 Å². The van der Waals surface area contributed by atoms with Crippen molar-refractivity contribution >= 4 is 23.5 Å². The van der Waals surface area contributed by atoms with Gasteiger partial charge in [-0.05, 0) is 47.6 Å². The lowest BCUT2D eigenvalue weighted by Crippen LogP contribution is -2.39. The fourth-order valence-electron chi connectivity index (χ4n) is 6.20. The van der Waals surface area contributed by atoms with Crippen LogP contribution in [0, 0.1) is 5.92 Å². The van der Waals surface area contributed by atoms with Gasteiger partial charge in [-0.1, -0.05) is 116 Å². The van der Waals surface area contributed by atoms with Crippen LogP contribution < -0.4 is 10.2 Å². The molecule has 0 heterocycles. The van der Waals surface area contributed by atoms with Gasteiger partial charge in [0.15, 0.2) is 0 Å². The normalized spacial score (nSPS) is 17.5. The molecule has 45 heavy (non-hydrogen) atoms. The van der Waals surface area contributed by atoms with Crippen LogP contribution in [-0.2, 0) is 25.7 Å². The van der Waals surface area contributed by atoms with Gasteiger partial charge in [0.25, 0.3) is 5.91 Å². The molecule has 2 amide bonds. The third kappa shape index (κ3) is 8.05. The number of nitrogens with one attached hydrogen (secondary N) is 1. The summed E-state index contributed by atoms with van der Waals surface area (Å²) in [5.74, 6) is -1.05. The maximum atomic E-state index is 14.0. The average molecular weight is 605 g/mol. The number of rotatable bonds is 11. The van der Waals surface area contributed by atoms with Crippen molar-refractivity contribution in [2.75, 3.05) is 11.5 Å². The van der Waals surface area contributed by atoms with Gasteiger partial charge in [-0.3, -0.25) is 14.4 Å². The van der Waals surface area contributed by atoms with E-state index in [0.29, 0.717) is 11.3 Å². The van der Waals surface area contributed by atoms with Gasteiger partial charge in [0.05, 0.1) is 19.2 Å². The molecule has 2 N–H and O–H groups in total. The van der Waals surface area contributed by atoms with Crippen molar-refractivity contribution < 1.29 is 24.2 Å². The van der Waals surface area contributed by atoms with Crippen LogP contribution in [0.3, 0.4) is 0 Å². The summed E-state index contributed by atoms with van der Waals surface area (Å²) in [6.07, 6.45) is 2.65. The van der Waals surface area contributed by atoms with Gasteiger partial charge in [-0.15, -0.1) is 0 Å². The third-order valence-corrected chi connectivity index (χ3v) is 8.50. The van der Waals surface area contributed by atoms with Crippen molar-refractivity contribution in [1.82, 2.24) is 5.32 Å². The van der Waals surface area contributed by atoms with Gasteiger partial charge >= 0.3 is 5.97 Å². The van der Waals surface area contributed by atoms with Gasteiger partial charge in [0.2, 0.25) is 12.0 Å². The number of ether oxygens (including phenoxy) is 1. The van der Waals surface area contributed by atoms with Crippen LogP contribution in [0.2, 0.25) is 0 Å². The second-order valence-electron chi connectivity index (χ2n) is 11.6. The highest BCUT2D eigenvalue weighted by Gasteiger charge is 2.34.